The molecule has 1 amide bonds. The van der Waals surface area contributed by atoms with Crippen molar-refractivity contribution in [2.45, 2.75) is 0 Å². The van der Waals surface area contributed by atoms with Gasteiger partial charge in [-0.05, 0) is 30.3 Å². The van der Waals surface area contributed by atoms with Crippen molar-refractivity contribution < 1.29 is 9.18 Å². The monoisotopic (exact) mass is 289 g/mol. The van der Waals surface area contributed by atoms with Crippen LogP contribution in [0.3, 0.4) is 0 Å². The van der Waals surface area contributed by atoms with Crippen LogP contribution in [0.15, 0.2) is 42.6 Å². The number of anilines is 1. The molecule has 6 heteroatoms. The Morgan fingerprint density at radius 2 is 2.10 bits per heavy atom. The second kappa shape index (κ2) is 4.94. The number of aromatic amines is 1. The molecule has 0 aliphatic heterocycles. The molecule has 0 fully saturated rings. The molecule has 2 N–H and O–H groups in total. The van der Waals surface area contributed by atoms with Gasteiger partial charge in [-0.2, -0.15) is 5.10 Å². The highest BCUT2D eigenvalue weighted by atomic mass is 35.5. The topological polar surface area (TPSA) is 57.8 Å². The van der Waals surface area contributed by atoms with Gasteiger partial charge in [0.05, 0.1) is 11.7 Å². The first kappa shape index (κ1) is 12.6. The molecule has 0 atom stereocenters. The SMILES string of the molecule is O=C(Nc1cc(F)cc(Cl)c1)c1ccc2cn[nH]c2c1. The molecule has 2 aromatic carbocycles. The summed E-state index contributed by atoms with van der Waals surface area (Å²) in [5.41, 5.74) is 1.52. The summed E-state index contributed by atoms with van der Waals surface area (Å²) in [7, 11) is 0. The Balaban J connectivity index is 1.88. The quantitative estimate of drug-likeness (QED) is 0.757. The van der Waals surface area contributed by atoms with Crippen LogP contribution >= 0.6 is 11.6 Å². The van der Waals surface area contributed by atoms with E-state index >= 15 is 0 Å². The van der Waals surface area contributed by atoms with Crippen molar-refractivity contribution in [3.8, 4) is 0 Å². The molecule has 0 aliphatic carbocycles. The number of halogens is 2. The van der Waals surface area contributed by atoms with Gasteiger partial charge in [0, 0.05) is 21.7 Å². The summed E-state index contributed by atoms with van der Waals surface area (Å²) in [5, 5.41) is 10.4. The highest BCUT2D eigenvalue weighted by molar-refractivity contribution is 6.31. The summed E-state index contributed by atoms with van der Waals surface area (Å²) < 4.78 is 13.2. The number of aromatic nitrogens is 2. The molecule has 1 aromatic heterocycles. The highest BCUT2D eigenvalue weighted by Gasteiger charge is 2.09. The second-order valence-electron chi connectivity index (χ2n) is 4.28. The molecular formula is C14H9ClFN3O. The van der Waals surface area contributed by atoms with Crippen LogP contribution in [-0.2, 0) is 0 Å². The minimum atomic E-state index is -0.503. The number of nitrogens with one attached hydrogen (secondary N) is 2. The van der Waals surface area contributed by atoms with Crippen molar-refractivity contribution in [2.24, 2.45) is 0 Å². The zero-order chi connectivity index (χ0) is 14.1. The van der Waals surface area contributed by atoms with Gasteiger partial charge in [-0.3, -0.25) is 9.89 Å². The zero-order valence-corrected chi connectivity index (χ0v) is 10.9. The third-order valence-electron chi connectivity index (χ3n) is 2.82. The molecule has 100 valence electrons. The van der Waals surface area contributed by atoms with Crippen molar-refractivity contribution in [1.82, 2.24) is 10.2 Å². The number of fused-ring (bicyclic) bond motifs is 1. The van der Waals surface area contributed by atoms with E-state index in [2.05, 4.69) is 15.5 Å². The fourth-order valence-corrected chi connectivity index (χ4v) is 2.13. The molecule has 0 bridgehead atoms. The lowest BCUT2D eigenvalue weighted by Crippen LogP contribution is -2.11. The minimum absolute atomic E-state index is 0.226. The summed E-state index contributed by atoms with van der Waals surface area (Å²) in [6.07, 6.45) is 1.67. The Morgan fingerprint density at radius 3 is 2.90 bits per heavy atom. The van der Waals surface area contributed by atoms with Crippen LogP contribution < -0.4 is 5.32 Å². The smallest absolute Gasteiger partial charge is 0.255 e. The first-order valence-electron chi connectivity index (χ1n) is 5.82. The Hall–Kier alpha value is -2.40. The van der Waals surface area contributed by atoms with Crippen LogP contribution in [0.2, 0.25) is 5.02 Å². The van der Waals surface area contributed by atoms with Crippen molar-refractivity contribution in [2.75, 3.05) is 5.32 Å². The van der Waals surface area contributed by atoms with Gasteiger partial charge in [0.2, 0.25) is 0 Å². The van der Waals surface area contributed by atoms with E-state index in [9.17, 15) is 9.18 Å². The van der Waals surface area contributed by atoms with E-state index in [-0.39, 0.29) is 10.9 Å². The van der Waals surface area contributed by atoms with Gasteiger partial charge in [-0.25, -0.2) is 4.39 Å². The number of rotatable bonds is 2. The first-order chi connectivity index (χ1) is 9.61. The molecule has 3 aromatic rings. The highest BCUT2D eigenvalue weighted by Crippen LogP contribution is 2.19. The van der Waals surface area contributed by atoms with Crippen LogP contribution in [0.25, 0.3) is 10.9 Å². The minimum Gasteiger partial charge on any atom is -0.322 e. The van der Waals surface area contributed by atoms with E-state index in [4.69, 9.17) is 11.6 Å². The third-order valence-corrected chi connectivity index (χ3v) is 3.04. The molecule has 0 saturated heterocycles. The van der Waals surface area contributed by atoms with Gasteiger partial charge in [-0.1, -0.05) is 17.7 Å². The zero-order valence-electron chi connectivity index (χ0n) is 10.2. The van der Waals surface area contributed by atoms with Gasteiger partial charge in [0.15, 0.2) is 0 Å². The van der Waals surface area contributed by atoms with Crippen LogP contribution in [0.5, 0.6) is 0 Å². The number of amides is 1. The number of H-pyrrole nitrogens is 1. The van der Waals surface area contributed by atoms with E-state index in [0.717, 1.165) is 10.9 Å². The predicted octanol–water partition coefficient (Wildman–Crippen LogP) is 3.61. The molecule has 1 heterocycles. The van der Waals surface area contributed by atoms with Crippen molar-refractivity contribution >= 4 is 34.1 Å². The van der Waals surface area contributed by atoms with E-state index in [1.807, 2.05) is 0 Å². The molecule has 0 spiro atoms. The summed E-state index contributed by atoms with van der Waals surface area (Å²) in [4.78, 5) is 12.1. The number of hydrogen-bond donors (Lipinski definition) is 2. The molecular weight excluding hydrogens is 281 g/mol. The van der Waals surface area contributed by atoms with Gasteiger partial charge >= 0.3 is 0 Å². The molecule has 0 radical (unpaired) electrons. The average Bonchev–Trinajstić information content (AvgIpc) is 2.84. The molecule has 0 unspecified atom stereocenters. The molecule has 4 nitrogen and oxygen atoms in total. The lowest BCUT2D eigenvalue weighted by atomic mass is 10.1. The maximum atomic E-state index is 13.2. The van der Waals surface area contributed by atoms with Gasteiger partial charge in [0.25, 0.3) is 5.91 Å². The first-order valence-corrected chi connectivity index (χ1v) is 6.20. The number of carbonyl (C=O) groups excluding carboxylic acids is 1. The normalized spacial score (nSPS) is 10.7. The maximum Gasteiger partial charge on any atom is 0.255 e. The lowest BCUT2D eigenvalue weighted by Gasteiger charge is -2.06. The van der Waals surface area contributed by atoms with E-state index in [1.165, 1.54) is 18.2 Å². The Morgan fingerprint density at radius 1 is 1.25 bits per heavy atom. The maximum absolute atomic E-state index is 13.2. The Bertz CT molecular complexity index is 780. The Labute approximate surface area is 118 Å². The van der Waals surface area contributed by atoms with E-state index in [1.54, 1.807) is 24.4 Å². The summed E-state index contributed by atoms with van der Waals surface area (Å²) in [6, 6.07) is 9.00. The largest absolute Gasteiger partial charge is 0.322 e. The van der Waals surface area contributed by atoms with Crippen LogP contribution in [-0.4, -0.2) is 16.1 Å². The number of hydrogen-bond acceptors (Lipinski definition) is 2. The molecule has 20 heavy (non-hydrogen) atoms. The van der Waals surface area contributed by atoms with Crippen LogP contribution in [0.1, 0.15) is 10.4 Å². The average molecular weight is 290 g/mol. The fourth-order valence-electron chi connectivity index (χ4n) is 1.91. The van der Waals surface area contributed by atoms with Crippen molar-refractivity contribution in [3.63, 3.8) is 0 Å². The van der Waals surface area contributed by atoms with Gasteiger partial charge in [-0.15, -0.1) is 0 Å². The van der Waals surface area contributed by atoms with Crippen LogP contribution in [0, 0.1) is 5.82 Å². The molecule has 3 rings (SSSR count). The molecule has 0 saturated carbocycles. The summed E-state index contributed by atoms with van der Waals surface area (Å²) in [5.74, 6) is -0.847. The second-order valence-corrected chi connectivity index (χ2v) is 4.72. The standard InChI is InChI=1S/C14H9ClFN3O/c15-10-4-11(16)6-12(5-10)18-14(20)8-1-2-9-7-17-19-13(9)3-8/h1-7H,(H,17,19)(H,18,20). The van der Waals surface area contributed by atoms with Gasteiger partial charge < -0.3 is 5.32 Å². The third kappa shape index (κ3) is 2.48. The fraction of sp³-hybridized carbons (Fsp3) is 0. The molecule has 0 aliphatic rings. The number of carbonyl (C=O) groups is 1. The summed E-state index contributed by atoms with van der Waals surface area (Å²) in [6.45, 7) is 0. The Kier molecular flexibility index (Phi) is 3.12. The van der Waals surface area contributed by atoms with E-state index in [0.29, 0.717) is 11.3 Å². The van der Waals surface area contributed by atoms with Crippen LogP contribution in [0.4, 0.5) is 10.1 Å². The van der Waals surface area contributed by atoms with Gasteiger partial charge in [0.1, 0.15) is 5.82 Å². The number of benzene rings is 2. The van der Waals surface area contributed by atoms with E-state index < -0.39 is 5.82 Å². The van der Waals surface area contributed by atoms with Crippen molar-refractivity contribution in [1.29, 1.82) is 0 Å². The lowest BCUT2D eigenvalue weighted by molar-refractivity contribution is 0.102. The van der Waals surface area contributed by atoms with Crippen molar-refractivity contribution in [3.05, 3.63) is 59.0 Å². The predicted molar refractivity (Wildman–Crippen MR) is 75.5 cm³/mol. The summed E-state index contributed by atoms with van der Waals surface area (Å²) >= 11 is 5.74. The number of nitrogens with zero attached hydrogens (tertiary/aromatic N) is 1.